The van der Waals surface area contributed by atoms with Crippen molar-refractivity contribution in [3.63, 3.8) is 0 Å². The molecule has 4 aromatic rings. The number of anilines is 1. The first kappa shape index (κ1) is 32.4. The first-order chi connectivity index (χ1) is 23.9. The first-order valence-corrected chi connectivity index (χ1v) is 16.7. The molecule has 3 aliphatic rings. The van der Waals surface area contributed by atoms with Crippen molar-refractivity contribution in [2.75, 3.05) is 24.6 Å². The highest BCUT2D eigenvalue weighted by molar-refractivity contribution is 6.03. The average Bonchev–Trinajstić information content (AvgIpc) is 3.89. The molecule has 11 heteroatoms. The Kier molecular flexibility index (Phi) is 8.87. The van der Waals surface area contributed by atoms with Crippen LogP contribution in [0, 0.1) is 11.8 Å². The number of nitrogens with zero attached hydrogens (tertiary/aromatic N) is 6. The van der Waals surface area contributed by atoms with E-state index in [1.807, 2.05) is 84.9 Å². The number of likely N-dealkylation sites (tertiary alicyclic amines) is 1. The fraction of sp³-hybridized carbons (Fsp3) is 0.342. The van der Waals surface area contributed by atoms with Gasteiger partial charge in [0.2, 0.25) is 17.7 Å². The minimum Gasteiger partial charge on any atom is -0.394 e. The summed E-state index contributed by atoms with van der Waals surface area (Å²) in [4.78, 5) is 49.2. The van der Waals surface area contributed by atoms with Crippen molar-refractivity contribution in [3.05, 3.63) is 116 Å². The van der Waals surface area contributed by atoms with Crippen molar-refractivity contribution in [1.29, 1.82) is 0 Å². The topological polar surface area (TPSA) is 121 Å². The van der Waals surface area contributed by atoms with Gasteiger partial charge in [0.1, 0.15) is 23.8 Å². The molecule has 7 rings (SSSR count). The maximum Gasteiger partial charge on any atom is 0.250 e. The lowest BCUT2D eigenvalue weighted by molar-refractivity contribution is -0.152. The molecular weight excluding hydrogens is 620 g/mol. The largest absolute Gasteiger partial charge is 0.394 e. The second kappa shape index (κ2) is 13.4. The van der Waals surface area contributed by atoms with E-state index in [1.165, 1.54) is 4.90 Å². The Morgan fingerprint density at radius 2 is 1.67 bits per heavy atom. The van der Waals surface area contributed by atoms with Gasteiger partial charge in [0.05, 0.1) is 36.1 Å². The minimum absolute atomic E-state index is 0.0556. The number of carbonyl (C=O) groups is 3. The SMILES string of the molecule is C=CCN(Cn1nnc2ccccc21)C(=O)C1N([C@@H](CO)Cc2ccccc2)C(=O)[C@@H]2[C@@H](C(=O)N(CC=C)c3ccccc3)[C@H]3CCC12O3. The predicted molar refractivity (Wildman–Crippen MR) is 184 cm³/mol. The fourth-order valence-electron chi connectivity index (χ4n) is 8.15. The Morgan fingerprint density at radius 3 is 2.39 bits per heavy atom. The monoisotopic (exact) mass is 660 g/mol. The van der Waals surface area contributed by atoms with Gasteiger partial charge in [-0.3, -0.25) is 14.4 Å². The summed E-state index contributed by atoms with van der Waals surface area (Å²) in [7, 11) is 0. The van der Waals surface area contributed by atoms with Crippen molar-refractivity contribution in [1.82, 2.24) is 24.8 Å². The number of aliphatic hydroxyl groups excluding tert-OH is 1. The molecule has 2 bridgehead atoms. The lowest BCUT2D eigenvalue weighted by Crippen LogP contribution is -2.59. The molecular formula is C38H40N6O5. The molecule has 1 N–H and O–H groups in total. The van der Waals surface area contributed by atoms with E-state index in [-0.39, 0.29) is 44.1 Å². The zero-order valence-corrected chi connectivity index (χ0v) is 27.3. The summed E-state index contributed by atoms with van der Waals surface area (Å²) in [6.45, 7) is 7.87. The van der Waals surface area contributed by atoms with Gasteiger partial charge in [-0.2, -0.15) is 0 Å². The zero-order valence-electron chi connectivity index (χ0n) is 27.3. The number of benzene rings is 3. The molecule has 1 aromatic heterocycles. The van der Waals surface area contributed by atoms with Crippen LogP contribution in [0.15, 0.2) is 110 Å². The Morgan fingerprint density at radius 1 is 0.980 bits per heavy atom. The number of amides is 3. The standard InChI is InChI=1S/C38H40N6O5/c1-3-21-41(25-43-30-18-12-11-17-29(30)39-40-43)37(48)34-38-20-19-31(49-38)32(35(46)42(22-4-2)27-15-9-6-10-16-27)33(38)36(47)44(34)28(24-45)23-26-13-7-5-8-14-26/h3-18,28,31-34,45H,1-2,19-25H2/t28-,31-,32+,33+,34?,38?/m1/s1. The highest BCUT2D eigenvalue weighted by Crippen LogP contribution is 2.59. The van der Waals surface area contributed by atoms with Crippen molar-refractivity contribution >= 4 is 34.4 Å². The summed E-state index contributed by atoms with van der Waals surface area (Å²) >= 11 is 0. The molecule has 0 radical (unpaired) electrons. The molecule has 49 heavy (non-hydrogen) atoms. The maximum atomic E-state index is 15.0. The molecule has 3 amide bonds. The summed E-state index contributed by atoms with van der Waals surface area (Å²) in [5.41, 5.74) is 1.78. The van der Waals surface area contributed by atoms with Crippen LogP contribution in [0.2, 0.25) is 0 Å². The molecule has 4 heterocycles. The molecule has 1 spiro atoms. The van der Waals surface area contributed by atoms with E-state index in [0.717, 1.165) is 11.1 Å². The third kappa shape index (κ3) is 5.52. The maximum absolute atomic E-state index is 15.0. The first-order valence-electron chi connectivity index (χ1n) is 16.7. The van der Waals surface area contributed by atoms with Crippen molar-refractivity contribution in [2.24, 2.45) is 11.8 Å². The van der Waals surface area contributed by atoms with E-state index >= 15 is 4.79 Å². The number of hydrogen-bond acceptors (Lipinski definition) is 7. The number of fused-ring (bicyclic) bond motifs is 2. The zero-order chi connectivity index (χ0) is 34.1. The van der Waals surface area contributed by atoms with Crippen molar-refractivity contribution in [2.45, 2.75) is 49.7 Å². The Labute approximate surface area is 285 Å². The van der Waals surface area contributed by atoms with Crippen LogP contribution in [-0.2, 0) is 32.2 Å². The second-order valence-corrected chi connectivity index (χ2v) is 13.0. The van der Waals surface area contributed by atoms with Gasteiger partial charge in [-0.15, -0.1) is 18.3 Å². The third-order valence-corrected chi connectivity index (χ3v) is 10.2. The van der Waals surface area contributed by atoms with Gasteiger partial charge >= 0.3 is 0 Å². The molecule has 252 valence electrons. The highest BCUT2D eigenvalue weighted by Gasteiger charge is 2.75. The summed E-state index contributed by atoms with van der Waals surface area (Å²) < 4.78 is 8.41. The Hall–Kier alpha value is -5.13. The summed E-state index contributed by atoms with van der Waals surface area (Å²) in [5.74, 6) is -2.69. The van der Waals surface area contributed by atoms with Crippen LogP contribution >= 0.6 is 0 Å². The molecule has 11 nitrogen and oxygen atoms in total. The van der Waals surface area contributed by atoms with Crippen molar-refractivity contribution < 1.29 is 24.2 Å². The summed E-state index contributed by atoms with van der Waals surface area (Å²) in [6, 6.07) is 24.5. The number of para-hydroxylation sites is 2. The van der Waals surface area contributed by atoms with Gasteiger partial charge in [0, 0.05) is 18.8 Å². The van der Waals surface area contributed by atoms with E-state index in [1.54, 1.807) is 26.6 Å². The van der Waals surface area contributed by atoms with Crippen molar-refractivity contribution in [3.8, 4) is 0 Å². The van der Waals surface area contributed by atoms with Gasteiger partial charge in [-0.05, 0) is 49.1 Å². The molecule has 3 aromatic carbocycles. The number of aromatic nitrogens is 3. The quantitative estimate of drug-likeness (QED) is 0.218. The molecule has 0 aliphatic carbocycles. The van der Waals surface area contributed by atoms with Crippen LogP contribution in [0.3, 0.4) is 0 Å². The molecule has 3 saturated heterocycles. The lowest BCUT2D eigenvalue weighted by Gasteiger charge is -2.39. The molecule has 3 aliphatic heterocycles. The number of aliphatic hydroxyl groups is 1. The van der Waals surface area contributed by atoms with Gasteiger partial charge in [-0.1, -0.05) is 78.0 Å². The summed E-state index contributed by atoms with van der Waals surface area (Å²) in [5, 5.41) is 19.4. The van der Waals surface area contributed by atoms with Crippen LogP contribution in [-0.4, -0.2) is 91.1 Å². The van der Waals surface area contributed by atoms with Crippen LogP contribution in [0.1, 0.15) is 18.4 Å². The van der Waals surface area contributed by atoms with E-state index in [2.05, 4.69) is 23.5 Å². The number of rotatable bonds is 13. The summed E-state index contributed by atoms with van der Waals surface area (Å²) in [6.07, 6.45) is 4.02. The van der Waals surface area contributed by atoms with Gasteiger partial charge < -0.3 is 24.5 Å². The molecule has 3 fully saturated rings. The van der Waals surface area contributed by atoms with E-state index in [9.17, 15) is 14.7 Å². The van der Waals surface area contributed by atoms with Crippen LogP contribution < -0.4 is 4.90 Å². The van der Waals surface area contributed by atoms with Crippen LogP contribution in [0.25, 0.3) is 11.0 Å². The Bertz CT molecular complexity index is 1860. The number of hydrogen-bond donors (Lipinski definition) is 1. The van der Waals surface area contributed by atoms with Gasteiger partial charge in [0.15, 0.2) is 0 Å². The number of carbonyl (C=O) groups excluding carboxylic acids is 3. The van der Waals surface area contributed by atoms with Gasteiger partial charge in [0.25, 0.3) is 0 Å². The molecule has 2 unspecified atom stereocenters. The smallest absolute Gasteiger partial charge is 0.250 e. The van der Waals surface area contributed by atoms with E-state index < -0.39 is 35.6 Å². The lowest BCUT2D eigenvalue weighted by atomic mass is 9.70. The predicted octanol–water partition coefficient (Wildman–Crippen LogP) is 3.60. The number of ether oxygens (including phenoxy) is 1. The molecule has 0 saturated carbocycles. The third-order valence-electron chi connectivity index (χ3n) is 10.2. The van der Waals surface area contributed by atoms with E-state index in [4.69, 9.17) is 4.74 Å². The second-order valence-electron chi connectivity index (χ2n) is 13.0. The van der Waals surface area contributed by atoms with Crippen LogP contribution in [0.5, 0.6) is 0 Å². The minimum atomic E-state index is -1.26. The fourth-order valence-corrected chi connectivity index (χ4v) is 8.15. The highest BCUT2D eigenvalue weighted by atomic mass is 16.5. The average molecular weight is 661 g/mol. The Balaban J connectivity index is 1.30. The van der Waals surface area contributed by atoms with Gasteiger partial charge in [-0.25, -0.2) is 4.68 Å². The van der Waals surface area contributed by atoms with Crippen LogP contribution in [0.4, 0.5) is 5.69 Å². The normalized spacial score (nSPS) is 24.5. The molecule has 6 atom stereocenters. The van der Waals surface area contributed by atoms with E-state index in [0.29, 0.717) is 30.5 Å².